The average molecular weight is 428 g/mol. The number of fused-ring (bicyclic) bond motifs is 1. The third-order valence-corrected chi connectivity index (χ3v) is 6.18. The Morgan fingerprint density at radius 1 is 1.27 bits per heavy atom. The minimum atomic E-state index is -0.308. The molecule has 3 aromatic rings. The lowest BCUT2D eigenvalue weighted by Gasteiger charge is -2.36. The van der Waals surface area contributed by atoms with Gasteiger partial charge in [0.05, 0.1) is 12.6 Å². The molecule has 1 unspecified atom stereocenters. The van der Waals surface area contributed by atoms with Gasteiger partial charge in [-0.1, -0.05) is 17.3 Å². The summed E-state index contributed by atoms with van der Waals surface area (Å²) in [6, 6.07) is 9.80. The number of nitrogens with zero attached hydrogens (tertiary/aromatic N) is 2. The summed E-state index contributed by atoms with van der Waals surface area (Å²) in [5.74, 6) is 0.0697. The number of halogens is 1. The predicted octanol–water partition coefficient (Wildman–Crippen LogP) is 3.75. The van der Waals surface area contributed by atoms with Crippen molar-refractivity contribution >= 4 is 23.2 Å². The van der Waals surface area contributed by atoms with Crippen LogP contribution < -0.4 is 5.32 Å². The molecule has 1 aliphatic heterocycles. The minimum Gasteiger partial charge on any atom is -0.361 e. The number of nitrogens with one attached hydrogen (secondary N) is 1. The summed E-state index contributed by atoms with van der Waals surface area (Å²) in [6.07, 6.45) is 0.994. The summed E-state index contributed by atoms with van der Waals surface area (Å²) in [4.78, 5) is 28.2. The maximum absolute atomic E-state index is 13.4. The molecule has 0 spiro atoms. The van der Waals surface area contributed by atoms with Gasteiger partial charge in [-0.15, -0.1) is 11.3 Å². The summed E-state index contributed by atoms with van der Waals surface area (Å²) in [7, 11) is 0. The normalized spacial score (nSPS) is 15.7. The van der Waals surface area contributed by atoms with Crippen molar-refractivity contribution in [3.8, 4) is 0 Å². The van der Waals surface area contributed by atoms with Crippen LogP contribution in [-0.2, 0) is 22.6 Å². The van der Waals surface area contributed by atoms with E-state index in [0.717, 1.165) is 17.5 Å². The quantitative estimate of drug-likeness (QED) is 0.650. The molecule has 6 nitrogen and oxygen atoms in total. The van der Waals surface area contributed by atoms with E-state index in [-0.39, 0.29) is 43.1 Å². The van der Waals surface area contributed by atoms with Crippen LogP contribution in [0.3, 0.4) is 0 Å². The number of benzene rings is 1. The van der Waals surface area contributed by atoms with Crippen LogP contribution in [0.1, 0.15) is 46.3 Å². The number of hydrogen-bond acceptors (Lipinski definition) is 5. The Hall–Kier alpha value is -3.00. The first-order valence-electron chi connectivity index (χ1n) is 9.81. The zero-order valence-corrected chi connectivity index (χ0v) is 17.4. The van der Waals surface area contributed by atoms with Gasteiger partial charge in [0.2, 0.25) is 11.8 Å². The Balaban J connectivity index is 1.41. The van der Waals surface area contributed by atoms with Crippen molar-refractivity contribution in [2.45, 2.75) is 38.8 Å². The minimum absolute atomic E-state index is 0.0893. The largest absolute Gasteiger partial charge is 0.361 e. The number of carbonyl (C=O) groups is 2. The first kappa shape index (κ1) is 20.3. The van der Waals surface area contributed by atoms with Gasteiger partial charge in [0.25, 0.3) is 0 Å². The lowest BCUT2D eigenvalue weighted by atomic mass is 9.93. The molecule has 0 fully saturated rings. The molecular weight excluding hydrogens is 405 g/mol. The first-order valence-corrected chi connectivity index (χ1v) is 10.7. The second kappa shape index (κ2) is 8.79. The van der Waals surface area contributed by atoms with Crippen LogP contribution in [0.4, 0.5) is 4.39 Å². The lowest BCUT2D eigenvalue weighted by molar-refractivity contribution is -0.135. The molecule has 0 bridgehead atoms. The highest BCUT2D eigenvalue weighted by Gasteiger charge is 2.32. The van der Waals surface area contributed by atoms with Gasteiger partial charge < -0.3 is 14.7 Å². The van der Waals surface area contributed by atoms with Crippen LogP contribution in [-0.4, -0.2) is 28.4 Å². The maximum Gasteiger partial charge on any atom is 0.223 e. The van der Waals surface area contributed by atoms with E-state index in [9.17, 15) is 14.0 Å². The zero-order valence-electron chi connectivity index (χ0n) is 16.6. The molecule has 2 amide bonds. The molecule has 0 aliphatic carbocycles. The molecule has 3 heterocycles. The smallest absolute Gasteiger partial charge is 0.223 e. The number of rotatable bonds is 6. The molecule has 4 rings (SSSR count). The summed E-state index contributed by atoms with van der Waals surface area (Å²) in [5.41, 5.74) is 2.59. The second-order valence-corrected chi connectivity index (χ2v) is 8.30. The Kier molecular flexibility index (Phi) is 5.94. The topological polar surface area (TPSA) is 75.4 Å². The fraction of sp³-hybridized carbons (Fsp3) is 0.318. The fourth-order valence-electron chi connectivity index (χ4n) is 3.73. The van der Waals surface area contributed by atoms with Crippen LogP contribution in [0.5, 0.6) is 0 Å². The van der Waals surface area contributed by atoms with Gasteiger partial charge in [0, 0.05) is 30.3 Å². The van der Waals surface area contributed by atoms with Crippen LogP contribution in [0, 0.1) is 12.7 Å². The maximum atomic E-state index is 13.4. The molecule has 1 aliphatic rings. The van der Waals surface area contributed by atoms with Crippen molar-refractivity contribution in [2.24, 2.45) is 0 Å². The monoisotopic (exact) mass is 427 g/mol. The van der Waals surface area contributed by atoms with E-state index < -0.39 is 0 Å². The van der Waals surface area contributed by atoms with E-state index in [0.29, 0.717) is 18.0 Å². The van der Waals surface area contributed by atoms with Gasteiger partial charge in [-0.05, 0) is 48.1 Å². The fourth-order valence-corrected chi connectivity index (χ4v) is 4.64. The molecule has 0 saturated carbocycles. The van der Waals surface area contributed by atoms with Crippen LogP contribution in [0.25, 0.3) is 0 Å². The molecule has 0 saturated heterocycles. The van der Waals surface area contributed by atoms with Crippen molar-refractivity contribution in [2.75, 3.05) is 6.54 Å². The molecule has 30 heavy (non-hydrogen) atoms. The molecule has 2 aromatic heterocycles. The van der Waals surface area contributed by atoms with Crippen molar-refractivity contribution in [1.82, 2.24) is 15.4 Å². The van der Waals surface area contributed by atoms with Gasteiger partial charge in [-0.2, -0.15) is 0 Å². The Morgan fingerprint density at radius 2 is 2.07 bits per heavy atom. The third-order valence-electron chi connectivity index (χ3n) is 5.18. The van der Waals surface area contributed by atoms with Gasteiger partial charge >= 0.3 is 0 Å². The number of carbonyl (C=O) groups excluding carboxylic acids is 2. The van der Waals surface area contributed by atoms with Crippen LogP contribution in [0.15, 0.2) is 46.3 Å². The summed E-state index contributed by atoms with van der Waals surface area (Å²) < 4.78 is 18.4. The number of aryl methyl sites for hydroxylation is 1. The van der Waals surface area contributed by atoms with E-state index >= 15 is 0 Å². The number of aromatic nitrogens is 1. The van der Waals surface area contributed by atoms with E-state index in [2.05, 4.69) is 10.5 Å². The van der Waals surface area contributed by atoms with Gasteiger partial charge in [0.1, 0.15) is 17.3 Å². The van der Waals surface area contributed by atoms with Gasteiger partial charge in [0.15, 0.2) is 0 Å². The Morgan fingerprint density at radius 3 is 2.80 bits per heavy atom. The standard InChI is InChI=1S/C22H22FN3O3S/c1-14-12-17(25-29-14)13-24-20(27)6-7-21(28)26-10-8-19-18(9-11-30-19)22(26)15-2-4-16(23)5-3-15/h2-5,9,11-12,22H,6-8,10,13H2,1H3,(H,24,27). The molecule has 1 aromatic carbocycles. The summed E-state index contributed by atoms with van der Waals surface area (Å²) in [6.45, 7) is 2.63. The highest BCUT2D eigenvalue weighted by Crippen LogP contribution is 2.38. The average Bonchev–Trinajstić information content (AvgIpc) is 3.39. The van der Waals surface area contributed by atoms with E-state index in [1.54, 1.807) is 41.4 Å². The van der Waals surface area contributed by atoms with E-state index in [4.69, 9.17) is 4.52 Å². The number of hydrogen-bond donors (Lipinski definition) is 1. The zero-order chi connectivity index (χ0) is 21.1. The van der Waals surface area contributed by atoms with Crippen LogP contribution in [0.2, 0.25) is 0 Å². The third kappa shape index (κ3) is 4.43. The van der Waals surface area contributed by atoms with Gasteiger partial charge in [-0.3, -0.25) is 9.59 Å². The Labute approximate surface area is 177 Å². The molecule has 156 valence electrons. The molecule has 8 heteroatoms. The van der Waals surface area contributed by atoms with E-state index in [1.807, 2.05) is 11.4 Å². The van der Waals surface area contributed by atoms with Crippen molar-refractivity contribution in [3.63, 3.8) is 0 Å². The summed E-state index contributed by atoms with van der Waals surface area (Å²) in [5, 5.41) is 8.61. The van der Waals surface area contributed by atoms with E-state index in [1.165, 1.54) is 17.0 Å². The first-order chi connectivity index (χ1) is 14.5. The second-order valence-electron chi connectivity index (χ2n) is 7.30. The number of amides is 2. The summed E-state index contributed by atoms with van der Waals surface area (Å²) >= 11 is 1.68. The van der Waals surface area contributed by atoms with Crippen LogP contribution >= 0.6 is 11.3 Å². The van der Waals surface area contributed by atoms with Crippen molar-refractivity contribution in [1.29, 1.82) is 0 Å². The SMILES string of the molecule is Cc1cc(CNC(=O)CCC(=O)N2CCc3sccc3C2c2ccc(F)cc2)no1. The molecule has 1 N–H and O–H groups in total. The van der Waals surface area contributed by atoms with Crippen molar-refractivity contribution in [3.05, 3.63) is 75.1 Å². The van der Waals surface area contributed by atoms with Crippen molar-refractivity contribution < 1.29 is 18.5 Å². The highest BCUT2D eigenvalue weighted by atomic mass is 32.1. The van der Waals surface area contributed by atoms with Gasteiger partial charge in [-0.25, -0.2) is 4.39 Å². The highest BCUT2D eigenvalue weighted by molar-refractivity contribution is 7.10. The Bertz CT molecular complexity index is 1040. The molecule has 0 radical (unpaired) electrons. The number of thiophene rings is 1. The molecule has 1 atom stereocenters. The molecular formula is C22H22FN3O3S. The lowest BCUT2D eigenvalue weighted by Crippen LogP contribution is -2.40. The predicted molar refractivity (Wildman–Crippen MR) is 110 cm³/mol.